The molecular formula is C12H10. The lowest BCUT2D eigenvalue weighted by atomic mass is 10.1. The van der Waals surface area contributed by atoms with E-state index in [-0.39, 0.29) is 0 Å². The number of rotatable bonds is 0. The molecule has 0 aromatic heterocycles. The van der Waals surface area contributed by atoms with Gasteiger partial charge in [-0.3, -0.25) is 0 Å². The highest BCUT2D eigenvalue weighted by Crippen LogP contribution is 2.29. The molecule has 0 atom stereocenters. The van der Waals surface area contributed by atoms with Crippen LogP contribution < -0.4 is 0 Å². The van der Waals surface area contributed by atoms with Crippen LogP contribution in [0.1, 0.15) is 12.5 Å². The van der Waals surface area contributed by atoms with Crippen molar-refractivity contribution in [3.8, 4) is 0 Å². The van der Waals surface area contributed by atoms with Gasteiger partial charge in [-0.15, -0.1) is 0 Å². The normalized spacial score (nSPS) is 15.2. The van der Waals surface area contributed by atoms with E-state index in [2.05, 4.69) is 24.3 Å². The minimum absolute atomic E-state index is 0.655. The quantitative estimate of drug-likeness (QED) is 0.548. The summed E-state index contributed by atoms with van der Waals surface area (Å²) in [5.41, 5.74) is 2.84. The molecule has 1 aliphatic carbocycles. The second kappa shape index (κ2) is 2.10. The summed E-state index contributed by atoms with van der Waals surface area (Å²) in [4.78, 5) is 0. The van der Waals surface area contributed by atoms with Gasteiger partial charge in [0.05, 0.1) is 1.37 Å². The van der Waals surface area contributed by atoms with Gasteiger partial charge in [-0.25, -0.2) is 0 Å². The third kappa shape index (κ3) is 0.672. The number of hydrogen-bond acceptors (Lipinski definition) is 0. The predicted molar refractivity (Wildman–Crippen MR) is 51.4 cm³/mol. The molecule has 3 rings (SSSR count). The van der Waals surface area contributed by atoms with E-state index < -0.39 is 0 Å². The van der Waals surface area contributed by atoms with Crippen molar-refractivity contribution in [2.75, 3.05) is 0 Å². The first-order valence-electron chi connectivity index (χ1n) is 4.86. The Hall–Kier alpha value is -1.30. The first-order chi connectivity index (χ1) is 6.36. The fraction of sp³-hybridized carbons (Fsp3) is 0.167. The highest BCUT2D eigenvalue weighted by Gasteiger charge is 2.11. The van der Waals surface area contributed by atoms with Crippen molar-refractivity contribution in [3.63, 3.8) is 0 Å². The molecule has 0 unspecified atom stereocenters. The standard InChI is InChI=1S/C12H10/c1-3-9-4-2-6-11-8-7-10(5-1)12(9)11/h1-6H,7-8H2/i3D. The zero-order chi connectivity index (χ0) is 8.84. The summed E-state index contributed by atoms with van der Waals surface area (Å²) in [7, 11) is 0. The summed E-state index contributed by atoms with van der Waals surface area (Å²) in [6.07, 6.45) is 2.30. The van der Waals surface area contributed by atoms with E-state index in [1.165, 1.54) is 16.5 Å². The molecule has 0 heteroatoms. The van der Waals surface area contributed by atoms with Crippen LogP contribution in [0, 0.1) is 0 Å². The monoisotopic (exact) mass is 155 g/mol. The molecular weight excluding hydrogens is 144 g/mol. The molecule has 58 valence electrons. The van der Waals surface area contributed by atoms with Crippen molar-refractivity contribution >= 4 is 10.8 Å². The highest BCUT2D eigenvalue weighted by molar-refractivity contribution is 5.90. The third-order valence-electron chi connectivity index (χ3n) is 2.66. The van der Waals surface area contributed by atoms with Gasteiger partial charge < -0.3 is 0 Å². The van der Waals surface area contributed by atoms with Crippen LogP contribution >= 0.6 is 0 Å². The second-order valence-corrected chi connectivity index (χ2v) is 3.34. The molecule has 0 aliphatic heterocycles. The number of benzene rings is 2. The lowest BCUT2D eigenvalue weighted by Gasteiger charge is -1.99. The highest BCUT2D eigenvalue weighted by atomic mass is 14.2. The Bertz CT molecular complexity index is 475. The summed E-state index contributed by atoms with van der Waals surface area (Å²) < 4.78 is 7.78. The minimum atomic E-state index is 0.655. The Morgan fingerprint density at radius 2 is 1.75 bits per heavy atom. The first kappa shape index (κ1) is 5.36. The summed E-state index contributed by atoms with van der Waals surface area (Å²) in [5.74, 6) is 0. The largest absolute Gasteiger partial charge is 0.0629 e. The van der Waals surface area contributed by atoms with Crippen molar-refractivity contribution in [1.82, 2.24) is 0 Å². The fourth-order valence-electron chi connectivity index (χ4n) is 2.10. The van der Waals surface area contributed by atoms with Gasteiger partial charge >= 0.3 is 0 Å². The van der Waals surface area contributed by atoms with Gasteiger partial charge in [-0.05, 0) is 34.7 Å². The maximum Gasteiger partial charge on any atom is 0.0629 e. The van der Waals surface area contributed by atoms with E-state index in [4.69, 9.17) is 1.37 Å². The molecule has 12 heavy (non-hydrogen) atoms. The summed E-state index contributed by atoms with van der Waals surface area (Å²) in [5, 5.41) is 2.46. The number of aryl methyl sites for hydroxylation is 2. The Labute approximate surface area is 73.2 Å². The molecule has 0 heterocycles. The van der Waals surface area contributed by atoms with E-state index >= 15 is 0 Å². The Kier molecular flexibility index (Phi) is 0.938. The van der Waals surface area contributed by atoms with Crippen molar-refractivity contribution in [1.29, 1.82) is 0 Å². The van der Waals surface area contributed by atoms with Gasteiger partial charge in [-0.2, -0.15) is 0 Å². The lowest BCUT2D eigenvalue weighted by Crippen LogP contribution is -1.76. The van der Waals surface area contributed by atoms with Crippen LogP contribution in [0.5, 0.6) is 0 Å². The Balaban J connectivity index is 2.58. The molecule has 0 bridgehead atoms. The first-order valence-corrected chi connectivity index (χ1v) is 4.36. The van der Waals surface area contributed by atoms with Crippen LogP contribution in [0.25, 0.3) is 10.8 Å². The molecule has 2 aromatic carbocycles. The van der Waals surface area contributed by atoms with Gasteiger partial charge in [0, 0.05) is 0 Å². The fourth-order valence-corrected chi connectivity index (χ4v) is 2.10. The summed E-state index contributed by atoms with van der Waals surface area (Å²) >= 11 is 0. The molecule has 0 nitrogen and oxygen atoms in total. The van der Waals surface area contributed by atoms with Crippen LogP contribution in [0.3, 0.4) is 0 Å². The van der Waals surface area contributed by atoms with Gasteiger partial charge in [0.1, 0.15) is 0 Å². The molecule has 0 saturated heterocycles. The topological polar surface area (TPSA) is 0 Å². The van der Waals surface area contributed by atoms with E-state index in [0.29, 0.717) is 6.04 Å². The van der Waals surface area contributed by atoms with Crippen LogP contribution in [-0.2, 0) is 12.8 Å². The van der Waals surface area contributed by atoms with Crippen molar-refractivity contribution in [3.05, 3.63) is 47.5 Å². The van der Waals surface area contributed by atoms with Crippen molar-refractivity contribution in [2.45, 2.75) is 12.8 Å². The molecule has 0 N–H and O–H groups in total. The molecule has 0 saturated carbocycles. The summed E-state index contributed by atoms with van der Waals surface area (Å²) in [6.45, 7) is 0. The minimum Gasteiger partial charge on any atom is -0.0614 e. The number of hydrogen-bond donors (Lipinski definition) is 0. The van der Waals surface area contributed by atoms with Gasteiger partial charge in [0.15, 0.2) is 0 Å². The molecule has 1 aliphatic rings. The SMILES string of the molecule is [2H]c1ccc2c3c(cccc13)CC2. The second-order valence-electron chi connectivity index (χ2n) is 3.34. The Morgan fingerprint density at radius 3 is 2.58 bits per heavy atom. The molecule has 2 aromatic rings. The van der Waals surface area contributed by atoms with Crippen LogP contribution in [0.2, 0.25) is 0 Å². The van der Waals surface area contributed by atoms with Crippen LogP contribution in [-0.4, -0.2) is 0 Å². The van der Waals surface area contributed by atoms with Gasteiger partial charge in [0.25, 0.3) is 0 Å². The summed E-state index contributed by atoms with van der Waals surface area (Å²) in [6, 6.07) is 11.0. The Morgan fingerprint density at radius 1 is 1.00 bits per heavy atom. The average molecular weight is 155 g/mol. The van der Waals surface area contributed by atoms with E-state index in [9.17, 15) is 0 Å². The van der Waals surface area contributed by atoms with E-state index in [1.807, 2.05) is 6.07 Å². The van der Waals surface area contributed by atoms with Crippen molar-refractivity contribution < 1.29 is 1.37 Å². The maximum absolute atomic E-state index is 7.78. The molecule has 0 radical (unpaired) electrons. The van der Waals surface area contributed by atoms with Crippen LogP contribution in [0.15, 0.2) is 36.4 Å². The zero-order valence-corrected chi connectivity index (χ0v) is 6.80. The van der Waals surface area contributed by atoms with Crippen LogP contribution in [0.4, 0.5) is 0 Å². The third-order valence-corrected chi connectivity index (χ3v) is 2.66. The van der Waals surface area contributed by atoms with Crippen molar-refractivity contribution in [2.24, 2.45) is 0 Å². The predicted octanol–water partition coefficient (Wildman–Crippen LogP) is 2.94. The molecule has 0 amide bonds. The smallest absolute Gasteiger partial charge is 0.0614 e. The van der Waals surface area contributed by atoms with Gasteiger partial charge in [0.2, 0.25) is 0 Å². The lowest BCUT2D eigenvalue weighted by molar-refractivity contribution is 1.02. The zero-order valence-electron chi connectivity index (χ0n) is 7.80. The van der Waals surface area contributed by atoms with E-state index in [0.717, 1.165) is 18.2 Å². The maximum atomic E-state index is 7.78. The van der Waals surface area contributed by atoms with E-state index in [1.54, 1.807) is 0 Å². The average Bonchev–Trinajstić information content (AvgIpc) is 2.57. The molecule has 0 fully saturated rings. The molecule has 0 spiro atoms. The van der Waals surface area contributed by atoms with Gasteiger partial charge in [-0.1, -0.05) is 36.4 Å².